The van der Waals surface area contributed by atoms with Crippen molar-refractivity contribution >= 4 is 0 Å². The van der Waals surface area contributed by atoms with E-state index in [4.69, 9.17) is 4.74 Å². The van der Waals surface area contributed by atoms with E-state index in [1.54, 1.807) is 6.07 Å². The van der Waals surface area contributed by atoms with E-state index in [2.05, 4.69) is 10.8 Å². The third kappa shape index (κ3) is 6.67. The Morgan fingerprint density at radius 3 is 2.05 bits per heavy atom. The zero-order chi connectivity index (χ0) is 26.6. The Morgan fingerprint density at radius 1 is 0.811 bits per heavy atom. The molecule has 0 unspecified atom stereocenters. The number of hydrogen-bond acceptors (Lipinski definition) is 2. The van der Waals surface area contributed by atoms with Crippen LogP contribution >= 0.6 is 0 Å². The second-order valence-corrected chi connectivity index (χ2v) is 9.13. The van der Waals surface area contributed by atoms with Crippen molar-refractivity contribution in [3.63, 3.8) is 0 Å². The molecule has 8 heteroatoms. The van der Waals surface area contributed by atoms with Gasteiger partial charge in [0.05, 0.1) is 0 Å². The van der Waals surface area contributed by atoms with E-state index < -0.39 is 36.0 Å². The lowest BCUT2D eigenvalue weighted by Gasteiger charge is -2.27. The summed E-state index contributed by atoms with van der Waals surface area (Å²) in [5, 5.41) is 0. The number of hydrogen-bond donors (Lipinski definition) is 0. The maximum atomic E-state index is 14.6. The smallest absolute Gasteiger partial charge is 0.432 e. The lowest BCUT2D eigenvalue weighted by Crippen LogP contribution is -2.32. The van der Waals surface area contributed by atoms with Gasteiger partial charge in [-0.15, -0.1) is 0 Å². The van der Waals surface area contributed by atoms with Gasteiger partial charge in [-0.1, -0.05) is 30.4 Å². The van der Waals surface area contributed by atoms with Crippen molar-refractivity contribution in [3.8, 4) is 22.6 Å². The molecular formula is C29H26F6O2. The molecule has 0 heterocycles. The zero-order valence-electron chi connectivity index (χ0n) is 20.1. The average molecular weight is 521 g/mol. The Labute approximate surface area is 211 Å². The first-order valence-electron chi connectivity index (χ1n) is 12.0. The molecule has 3 aromatic carbocycles. The average Bonchev–Trinajstić information content (AvgIpc) is 2.87. The fourth-order valence-electron chi connectivity index (χ4n) is 4.61. The predicted octanol–water partition coefficient (Wildman–Crippen LogP) is 8.81. The summed E-state index contributed by atoms with van der Waals surface area (Å²) >= 11 is 0. The lowest BCUT2D eigenvalue weighted by molar-refractivity contribution is -0.195. The lowest BCUT2D eigenvalue weighted by atomic mass is 9.78. The topological polar surface area (TPSA) is 18.5 Å². The zero-order valence-corrected chi connectivity index (χ0v) is 20.1. The van der Waals surface area contributed by atoms with E-state index in [1.165, 1.54) is 36.4 Å². The minimum absolute atomic E-state index is 0.0304. The molecule has 0 amide bonds. The van der Waals surface area contributed by atoms with E-state index in [-0.39, 0.29) is 28.5 Å². The summed E-state index contributed by atoms with van der Waals surface area (Å²) in [4.78, 5) is 0. The summed E-state index contributed by atoms with van der Waals surface area (Å²) in [5.74, 6) is -4.82. The number of allylic oxidation sites excluding steroid dienone is 2. The summed E-state index contributed by atoms with van der Waals surface area (Å²) < 4.78 is 93.1. The van der Waals surface area contributed by atoms with Crippen LogP contribution in [0, 0.1) is 29.2 Å². The Kier molecular flexibility index (Phi) is 8.15. The summed E-state index contributed by atoms with van der Waals surface area (Å²) in [6.45, 7) is 0.765. The number of rotatable bonds is 8. The first-order valence-corrected chi connectivity index (χ1v) is 12.0. The maximum absolute atomic E-state index is 14.6. The minimum Gasteiger partial charge on any atom is -0.480 e. The van der Waals surface area contributed by atoms with Crippen LogP contribution < -0.4 is 9.47 Å². The molecule has 1 aliphatic rings. The summed E-state index contributed by atoms with van der Waals surface area (Å²) in [6.07, 6.45) is 4.37. The quantitative estimate of drug-likeness (QED) is 0.168. The third-order valence-electron chi connectivity index (χ3n) is 6.50. The largest absolute Gasteiger partial charge is 0.480 e. The molecule has 4 rings (SSSR count). The van der Waals surface area contributed by atoms with Gasteiger partial charge in [0.1, 0.15) is 5.75 Å². The highest BCUT2D eigenvalue weighted by atomic mass is 19.3. The summed E-state index contributed by atoms with van der Waals surface area (Å²) in [5.41, 5.74) is 1.12. The molecule has 0 saturated heterocycles. The fourth-order valence-corrected chi connectivity index (χ4v) is 4.61. The Bertz CT molecular complexity index is 1220. The van der Waals surface area contributed by atoms with Gasteiger partial charge in [-0.2, -0.15) is 8.78 Å². The fraction of sp³-hybridized carbons (Fsp3) is 0.310. The Hall–Kier alpha value is -3.42. The molecule has 0 aliphatic heterocycles. The SMILES string of the molecule is CC=CC1CCC(c2ccc(OCC(F)(F)Oc3ccc(-c4cc(F)c(F)c(F)c4)cc3)c(F)c2)CC1. The molecular weight excluding hydrogens is 494 g/mol. The molecule has 1 fully saturated rings. The van der Waals surface area contributed by atoms with Crippen molar-refractivity contribution < 1.29 is 35.8 Å². The van der Waals surface area contributed by atoms with Crippen LogP contribution in [0.1, 0.15) is 44.1 Å². The molecule has 1 saturated carbocycles. The van der Waals surface area contributed by atoms with Gasteiger partial charge in [0.15, 0.2) is 35.6 Å². The van der Waals surface area contributed by atoms with E-state index in [9.17, 15) is 26.3 Å². The van der Waals surface area contributed by atoms with Crippen molar-refractivity contribution in [2.24, 2.45) is 5.92 Å². The Balaban J connectivity index is 1.34. The van der Waals surface area contributed by atoms with Crippen LogP contribution in [-0.2, 0) is 0 Å². The monoisotopic (exact) mass is 520 g/mol. The number of ether oxygens (including phenoxy) is 2. The van der Waals surface area contributed by atoms with E-state index in [0.29, 0.717) is 5.92 Å². The van der Waals surface area contributed by atoms with Crippen molar-refractivity contribution in [1.82, 2.24) is 0 Å². The van der Waals surface area contributed by atoms with Gasteiger partial charge < -0.3 is 9.47 Å². The number of halogens is 6. The van der Waals surface area contributed by atoms with Crippen molar-refractivity contribution in [2.45, 2.75) is 44.6 Å². The molecule has 3 aromatic rings. The van der Waals surface area contributed by atoms with Crippen molar-refractivity contribution in [2.75, 3.05) is 6.61 Å². The highest BCUT2D eigenvalue weighted by molar-refractivity contribution is 5.64. The predicted molar refractivity (Wildman–Crippen MR) is 129 cm³/mol. The van der Waals surface area contributed by atoms with Gasteiger partial charge in [0, 0.05) is 0 Å². The molecule has 196 valence electrons. The highest BCUT2D eigenvalue weighted by Crippen LogP contribution is 2.37. The van der Waals surface area contributed by atoms with Crippen LogP contribution in [0.3, 0.4) is 0 Å². The molecule has 0 spiro atoms. The Morgan fingerprint density at radius 2 is 1.46 bits per heavy atom. The molecule has 0 atom stereocenters. The third-order valence-corrected chi connectivity index (χ3v) is 6.50. The van der Waals surface area contributed by atoms with Crippen molar-refractivity contribution in [3.05, 3.63) is 95.6 Å². The minimum atomic E-state index is -3.79. The second kappa shape index (κ2) is 11.3. The summed E-state index contributed by atoms with van der Waals surface area (Å²) in [6, 6.07) is 10.9. The van der Waals surface area contributed by atoms with Gasteiger partial charge in [0.2, 0.25) is 0 Å². The van der Waals surface area contributed by atoms with Crippen LogP contribution in [0.4, 0.5) is 26.3 Å². The molecule has 0 aromatic heterocycles. The van der Waals surface area contributed by atoms with Crippen LogP contribution in [-0.4, -0.2) is 12.7 Å². The van der Waals surface area contributed by atoms with Crippen LogP contribution in [0.25, 0.3) is 11.1 Å². The van der Waals surface area contributed by atoms with Crippen LogP contribution in [0.5, 0.6) is 11.5 Å². The molecule has 1 aliphatic carbocycles. The standard InChI is InChI=1S/C29H26F6O2/c1-2-3-18-4-6-19(7-5-18)21-10-13-27(24(30)14-21)36-17-29(34,35)37-23-11-8-20(9-12-23)22-15-25(31)28(33)26(32)16-22/h2-3,8-16,18-19H,4-7,17H2,1H3. The van der Waals surface area contributed by atoms with Gasteiger partial charge >= 0.3 is 6.11 Å². The molecule has 0 bridgehead atoms. The first-order chi connectivity index (χ1) is 17.6. The number of alkyl halides is 2. The normalized spacial score (nSPS) is 18.2. The van der Waals surface area contributed by atoms with E-state index >= 15 is 0 Å². The van der Waals surface area contributed by atoms with Gasteiger partial charge in [0.25, 0.3) is 0 Å². The summed E-state index contributed by atoms with van der Waals surface area (Å²) in [7, 11) is 0. The molecule has 37 heavy (non-hydrogen) atoms. The molecule has 0 N–H and O–H groups in total. The first kappa shape index (κ1) is 26.6. The molecule has 2 nitrogen and oxygen atoms in total. The van der Waals surface area contributed by atoms with Gasteiger partial charge in [-0.05, 0) is 97.5 Å². The number of benzene rings is 3. The maximum Gasteiger partial charge on any atom is 0.432 e. The van der Waals surface area contributed by atoms with Crippen LogP contribution in [0.2, 0.25) is 0 Å². The van der Waals surface area contributed by atoms with E-state index in [0.717, 1.165) is 43.4 Å². The van der Waals surface area contributed by atoms with Gasteiger partial charge in [-0.25, -0.2) is 17.6 Å². The van der Waals surface area contributed by atoms with Crippen LogP contribution in [0.15, 0.2) is 66.7 Å². The highest BCUT2D eigenvalue weighted by Gasteiger charge is 2.33. The van der Waals surface area contributed by atoms with Crippen molar-refractivity contribution in [1.29, 1.82) is 0 Å². The van der Waals surface area contributed by atoms with Gasteiger partial charge in [-0.3, -0.25) is 0 Å². The van der Waals surface area contributed by atoms with E-state index in [1.807, 2.05) is 13.0 Å². The molecule has 0 radical (unpaired) electrons. The second-order valence-electron chi connectivity index (χ2n) is 9.13.